The van der Waals surface area contributed by atoms with Gasteiger partial charge in [0, 0.05) is 11.8 Å². The summed E-state index contributed by atoms with van der Waals surface area (Å²) in [5.74, 6) is -0.365. The minimum absolute atomic E-state index is 0.254. The molecule has 1 aromatic carbocycles. The summed E-state index contributed by atoms with van der Waals surface area (Å²) < 4.78 is 25.6. The molecule has 0 bridgehead atoms. The molecule has 0 unspecified atom stereocenters. The molecule has 0 radical (unpaired) electrons. The quantitative estimate of drug-likeness (QED) is 0.657. The Balaban J connectivity index is 2.40. The Morgan fingerprint density at radius 1 is 1.16 bits per heavy atom. The topological polar surface area (TPSA) is 42.3 Å². The summed E-state index contributed by atoms with van der Waals surface area (Å²) in [7, 11) is -0.525. The molecule has 1 aromatic rings. The lowest BCUT2D eigenvalue weighted by Crippen LogP contribution is -2.41. The van der Waals surface area contributed by atoms with Crippen molar-refractivity contribution in [3.8, 4) is 0 Å². The highest BCUT2D eigenvalue weighted by molar-refractivity contribution is 6.62. The van der Waals surface area contributed by atoms with Crippen LogP contribution in [0.25, 0.3) is 0 Å². The van der Waals surface area contributed by atoms with E-state index in [1.165, 1.54) is 0 Å². The molecule has 102 valence electrons. The van der Waals surface area contributed by atoms with Crippen molar-refractivity contribution in [1.29, 1.82) is 5.41 Å². The lowest BCUT2D eigenvalue weighted by molar-refractivity contribution is 0.00578. The molecule has 0 spiro atoms. The number of halogens is 1. The summed E-state index contributed by atoms with van der Waals surface area (Å²) >= 11 is 0. The second kappa shape index (κ2) is 4.42. The van der Waals surface area contributed by atoms with Gasteiger partial charge in [0.2, 0.25) is 0 Å². The van der Waals surface area contributed by atoms with Crippen LogP contribution in [-0.4, -0.2) is 24.5 Å². The van der Waals surface area contributed by atoms with Crippen LogP contribution >= 0.6 is 0 Å². The van der Waals surface area contributed by atoms with Crippen molar-refractivity contribution in [2.45, 2.75) is 45.8 Å². The minimum atomic E-state index is -0.525. The van der Waals surface area contributed by atoms with E-state index in [1.54, 1.807) is 19.1 Å². The number of hydrogen-bond acceptors (Lipinski definition) is 3. The van der Waals surface area contributed by atoms with Gasteiger partial charge in [-0.1, -0.05) is 12.1 Å². The van der Waals surface area contributed by atoms with Crippen molar-refractivity contribution in [1.82, 2.24) is 0 Å². The lowest BCUT2D eigenvalue weighted by Gasteiger charge is -2.32. The van der Waals surface area contributed by atoms with E-state index in [4.69, 9.17) is 14.7 Å². The molecular weight excluding hydrogens is 244 g/mol. The third kappa shape index (κ3) is 2.32. The molecule has 0 saturated carbocycles. The van der Waals surface area contributed by atoms with Gasteiger partial charge in [-0.05, 0) is 45.6 Å². The molecule has 1 heterocycles. The number of aryl methyl sites for hydroxylation is 1. The predicted molar refractivity (Wildman–Crippen MR) is 74.7 cm³/mol. The van der Waals surface area contributed by atoms with Crippen LogP contribution in [0.5, 0.6) is 0 Å². The zero-order valence-corrected chi connectivity index (χ0v) is 12.0. The predicted octanol–water partition coefficient (Wildman–Crippen LogP) is 2.43. The van der Waals surface area contributed by atoms with Gasteiger partial charge < -0.3 is 14.7 Å². The van der Waals surface area contributed by atoms with Crippen LogP contribution in [0.2, 0.25) is 0 Å². The fourth-order valence-corrected chi connectivity index (χ4v) is 2.05. The third-order valence-corrected chi connectivity index (χ3v) is 3.99. The molecule has 1 N–H and O–H groups in total. The van der Waals surface area contributed by atoms with Crippen molar-refractivity contribution in [2.75, 3.05) is 0 Å². The summed E-state index contributed by atoms with van der Waals surface area (Å²) in [5, 5.41) is 7.26. The van der Waals surface area contributed by atoms with Gasteiger partial charge in [0.15, 0.2) is 0 Å². The fraction of sp³-hybridized carbons (Fsp3) is 0.500. The van der Waals surface area contributed by atoms with Gasteiger partial charge in [-0.15, -0.1) is 0 Å². The molecule has 2 rings (SSSR count). The van der Waals surface area contributed by atoms with Gasteiger partial charge in [-0.2, -0.15) is 0 Å². The van der Waals surface area contributed by atoms with Crippen LogP contribution in [0.4, 0.5) is 4.39 Å². The Bertz CT molecular complexity index is 512. The molecule has 1 saturated heterocycles. The van der Waals surface area contributed by atoms with Crippen LogP contribution in [0, 0.1) is 18.2 Å². The first-order chi connectivity index (χ1) is 8.68. The van der Waals surface area contributed by atoms with Crippen molar-refractivity contribution in [3.05, 3.63) is 29.1 Å². The largest absolute Gasteiger partial charge is 0.494 e. The van der Waals surface area contributed by atoms with Crippen molar-refractivity contribution in [2.24, 2.45) is 0 Å². The van der Waals surface area contributed by atoms with Crippen LogP contribution in [0.1, 0.15) is 38.8 Å². The molecule has 1 fully saturated rings. The van der Waals surface area contributed by atoms with E-state index in [0.717, 1.165) is 11.7 Å². The Labute approximate surface area is 113 Å². The number of hydrogen-bond donors (Lipinski definition) is 1. The Morgan fingerprint density at radius 2 is 1.68 bits per heavy atom. The highest BCUT2D eigenvalue weighted by Gasteiger charge is 2.51. The highest BCUT2D eigenvalue weighted by atomic mass is 19.1. The third-order valence-electron chi connectivity index (χ3n) is 3.99. The van der Waals surface area contributed by atoms with Crippen molar-refractivity contribution < 1.29 is 13.7 Å². The minimum Gasteiger partial charge on any atom is -0.399 e. The molecule has 0 aliphatic carbocycles. The summed E-state index contributed by atoms with van der Waals surface area (Å²) in [6, 6.07) is 3.32. The fourth-order valence-electron chi connectivity index (χ4n) is 2.05. The lowest BCUT2D eigenvalue weighted by atomic mass is 9.77. The number of rotatable bonds is 2. The zero-order valence-electron chi connectivity index (χ0n) is 12.0. The monoisotopic (exact) mass is 263 g/mol. The van der Waals surface area contributed by atoms with Gasteiger partial charge >= 0.3 is 7.12 Å². The maximum atomic E-state index is 13.7. The van der Waals surface area contributed by atoms with Gasteiger partial charge in [-0.25, -0.2) is 4.39 Å². The van der Waals surface area contributed by atoms with E-state index in [-0.39, 0.29) is 11.4 Å². The van der Waals surface area contributed by atoms with E-state index in [2.05, 4.69) is 0 Å². The molecule has 0 amide bonds. The van der Waals surface area contributed by atoms with Gasteiger partial charge in [0.05, 0.1) is 11.2 Å². The summed E-state index contributed by atoms with van der Waals surface area (Å²) in [4.78, 5) is 0. The molecule has 19 heavy (non-hydrogen) atoms. The van der Waals surface area contributed by atoms with E-state index in [0.29, 0.717) is 5.56 Å². The molecule has 5 heteroatoms. The molecule has 1 aliphatic heterocycles. The van der Waals surface area contributed by atoms with Crippen molar-refractivity contribution in [3.63, 3.8) is 0 Å². The average molecular weight is 263 g/mol. The molecule has 3 nitrogen and oxygen atoms in total. The SMILES string of the molecule is Cc1cc(B2OC(C)(C)C(C)(C)O2)cc(C=N)c1F. The second-order valence-electron chi connectivity index (χ2n) is 5.97. The molecular formula is C14H19BFNO2. The zero-order chi connectivity index (χ0) is 14.4. The van der Waals surface area contributed by atoms with Gasteiger partial charge in [0.1, 0.15) is 5.82 Å². The van der Waals surface area contributed by atoms with Gasteiger partial charge in [-0.3, -0.25) is 0 Å². The van der Waals surface area contributed by atoms with E-state index in [9.17, 15) is 4.39 Å². The molecule has 0 aromatic heterocycles. The van der Waals surface area contributed by atoms with E-state index in [1.807, 2.05) is 27.7 Å². The van der Waals surface area contributed by atoms with E-state index < -0.39 is 18.3 Å². The maximum absolute atomic E-state index is 13.7. The Kier molecular flexibility index (Phi) is 3.31. The van der Waals surface area contributed by atoms with Crippen molar-refractivity contribution >= 4 is 18.8 Å². The second-order valence-corrected chi connectivity index (χ2v) is 5.97. The summed E-state index contributed by atoms with van der Waals surface area (Å²) in [6.07, 6.45) is 1.01. The first-order valence-electron chi connectivity index (χ1n) is 6.34. The highest BCUT2D eigenvalue weighted by Crippen LogP contribution is 2.36. The van der Waals surface area contributed by atoms with E-state index >= 15 is 0 Å². The Hall–Kier alpha value is -1.20. The maximum Gasteiger partial charge on any atom is 0.494 e. The first kappa shape index (κ1) is 14.2. The standard InChI is InChI=1S/C14H19BFNO2/c1-9-6-11(7-10(8-17)12(9)16)15-18-13(2,3)14(4,5)19-15/h6-8,17H,1-5H3. The van der Waals surface area contributed by atoms with Gasteiger partial charge in [0.25, 0.3) is 0 Å². The first-order valence-corrected chi connectivity index (χ1v) is 6.34. The average Bonchev–Trinajstić information content (AvgIpc) is 2.52. The normalized spacial score (nSPS) is 20.6. The smallest absolute Gasteiger partial charge is 0.399 e. The summed E-state index contributed by atoms with van der Waals surface area (Å²) in [6.45, 7) is 9.57. The number of benzene rings is 1. The number of nitrogens with one attached hydrogen (secondary N) is 1. The van der Waals surface area contributed by atoms with Crippen LogP contribution < -0.4 is 5.46 Å². The van der Waals surface area contributed by atoms with Crippen LogP contribution in [-0.2, 0) is 9.31 Å². The Morgan fingerprint density at radius 3 is 2.16 bits per heavy atom. The van der Waals surface area contributed by atoms with Crippen LogP contribution in [0.3, 0.4) is 0 Å². The molecule has 0 atom stereocenters. The summed E-state index contributed by atoms with van der Waals surface area (Å²) in [5.41, 5.74) is 0.641. The molecule has 1 aliphatic rings. The van der Waals surface area contributed by atoms with Crippen LogP contribution in [0.15, 0.2) is 12.1 Å².